The lowest BCUT2D eigenvalue weighted by Crippen LogP contribution is -2.49. The summed E-state index contributed by atoms with van der Waals surface area (Å²) in [5, 5.41) is 4.79. The largest absolute Gasteiger partial charge is 0.495 e. The zero-order valence-corrected chi connectivity index (χ0v) is 16.6. The van der Waals surface area contributed by atoms with Crippen LogP contribution >= 0.6 is 11.6 Å². The molecule has 6 nitrogen and oxygen atoms in total. The first-order valence-electron chi connectivity index (χ1n) is 8.89. The Hall–Kier alpha value is -2.22. The summed E-state index contributed by atoms with van der Waals surface area (Å²) in [6, 6.07) is 5.68. The zero-order valence-electron chi connectivity index (χ0n) is 15.8. The first-order chi connectivity index (χ1) is 12.9. The summed E-state index contributed by atoms with van der Waals surface area (Å²) < 4.78 is 19.8. The molecule has 0 aliphatic carbocycles. The van der Waals surface area contributed by atoms with Gasteiger partial charge in [0.1, 0.15) is 26.8 Å². The van der Waals surface area contributed by atoms with Gasteiger partial charge in [-0.3, -0.25) is 9.48 Å². The third-order valence-electron chi connectivity index (χ3n) is 5.15. The van der Waals surface area contributed by atoms with Gasteiger partial charge in [0.2, 0.25) is 5.91 Å². The topological polar surface area (TPSA) is 50.6 Å². The number of carbonyl (C=O) groups is 1. The minimum Gasteiger partial charge on any atom is -0.495 e. The van der Waals surface area contributed by atoms with E-state index in [0.29, 0.717) is 29.6 Å². The molecule has 0 N–H and O–H groups in total. The van der Waals surface area contributed by atoms with Crippen molar-refractivity contribution in [1.82, 2.24) is 14.7 Å². The standard InChI is InChI=1S/C18H23BClFN4O2/c1-12-18(19)15(10-21)22-25(12)11-17(26)24-7-5-23(6-8-24)13-3-4-14(20)16(9-13)27-2/h3-4,9H,5-8,10-11,19H2,1-2H3. The van der Waals surface area contributed by atoms with Crippen LogP contribution in [0.15, 0.2) is 18.2 Å². The Morgan fingerprint density at radius 1 is 1.33 bits per heavy atom. The molecule has 1 aliphatic heterocycles. The van der Waals surface area contributed by atoms with E-state index in [9.17, 15) is 9.18 Å². The number of anilines is 1. The van der Waals surface area contributed by atoms with Gasteiger partial charge in [-0.25, -0.2) is 4.39 Å². The third kappa shape index (κ3) is 4.05. The van der Waals surface area contributed by atoms with Crippen molar-refractivity contribution in [3.8, 4) is 5.75 Å². The number of hydrogen-bond acceptors (Lipinski definition) is 4. The minimum absolute atomic E-state index is 0.000607. The average molecular weight is 393 g/mol. The first kappa shape index (κ1) is 19.5. The van der Waals surface area contributed by atoms with Gasteiger partial charge in [0, 0.05) is 43.6 Å². The molecule has 0 unspecified atom stereocenters. The number of aromatic nitrogens is 2. The predicted molar refractivity (Wildman–Crippen MR) is 107 cm³/mol. The lowest BCUT2D eigenvalue weighted by Gasteiger charge is -2.36. The maximum Gasteiger partial charge on any atom is 0.244 e. The molecule has 9 heteroatoms. The number of rotatable bonds is 5. The van der Waals surface area contributed by atoms with Crippen molar-refractivity contribution in [2.45, 2.75) is 20.1 Å². The Morgan fingerprint density at radius 2 is 2.04 bits per heavy atom. The maximum absolute atomic E-state index is 13.0. The molecular formula is C18H23BClFN4O2. The molecule has 0 atom stereocenters. The highest BCUT2D eigenvalue weighted by molar-refractivity contribution is 6.34. The van der Waals surface area contributed by atoms with E-state index in [4.69, 9.17) is 16.3 Å². The van der Waals surface area contributed by atoms with Crippen LogP contribution in [0.3, 0.4) is 0 Å². The maximum atomic E-state index is 13.0. The summed E-state index contributed by atoms with van der Waals surface area (Å²) >= 11 is 6.08. The summed E-state index contributed by atoms with van der Waals surface area (Å²) in [4.78, 5) is 16.7. The number of halogens is 2. The molecule has 3 rings (SSSR count). The molecule has 1 aromatic heterocycles. The van der Waals surface area contributed by atoms with E-state index in [-0.39, 0.29) is 12.5 Å². The van der Waals surface area contributed by atoms with Crippen LogP contribution in [-0.2, 0) is 18.0 Å². The lowest BCUT2D eigenvalue weighted by molar-refractivity contribution is -0.132. The van der Waals surface area contributed by atoms with E-state index in [2.05, 4.69) is 10.00 Å². The highest BCUT2D eigenvalue weighted by Gasteiger charge is 2.23. The number of nitrogens with zero attached hydrogens (tertiary/aromatic N) is 4. The quantitative estimate of drug-likeness (QED) is 0.711. The van der Waals surface area contributed by atoms with Crippen LogP contribution in [0.4, 0.5) is 10.1 Å². The summed E-state index contributed by atoms with van der Waals surface area (Å²) in [7, 11) is 3.42. The van der Waals surface area contributed by atoms with Gasteiger partial charge in [0.15, 0.2) is 0 Å². The van der Waals surface area contributed by atoms with Crippen LogP contribution in [0.2, 0.25) is 5.02 Å². The molecule has 144 valence electrons. The van der Waals surface area contributed by atoms with Gasteiger partial charge in [0.25, 0.3) is 0 Å². The smallest absolute Gasteiger partial charge is 0.244 e. The Labute approximate surface area is 164 Å². The fraction of sp³-hybridized carbons (Fsp3) is 0.444. The highest BCUT2D eigenvalue weighted by atomic mass is 35.5. The van der Waals surface area contributed by atoms with Crippen LogP contribution in [0.25, 0.3) is 0 Å². The molecule has 1 amide bonds. The lowest BCUT2D eigenvalue weighted by atomic mass is 9.94. The van der Waals surface area contributed by atoms with E-state index in [1.165, 1.54) is 0 Å². The second-order valence-corrected chi connectivity index (χ2v) is 7.04. The molecule has 1 aromatic carbocycles. The van der Waals surface area contributed by atoms with E-state index >= 15 is 0 Å². The van der Waals surface area contributed by atoms with Crippen molar-refractivity contribution in [2.75, 3.05) is 38.2 Å². The zero-order chi connectivity index (χ0) is 19.6. The number of piperazine rings is 1. The molecule has 1 saturated heterocycles. The van der Waals surface area contributed by atoms with Crippen molar-refractivity contribution in [3.05, 3.63) is 34.6 Å². The number of amides is 1. The number of ether oxygens (including phenoxy) is 1. The Balaban J connectivity index is 1.61. The van der Waals surface area contributed by atoms with Crippen LogP contribution in [0.5, 0.6) is 5.75 Å². The van der Waals surface area contributed by atoms with Crippen LogP contribution in [0.1, 0.15) is 11.4 Å². The molecule has 0 radical (unpaired) electrons. The van der Waals surface area contributed by atoms with E-state index in [0.717, 1.165) is 29.9 Å². The monoisotopic (exact) mass is 392 g/mol. The van der Waals surface area contributed by atoms with Gasteiger partial charge in [-0.15, -0.1) is 0 Å². The fourth-order valence-corrected chi connectivity index (χ4v) is 3.46. The van der Waals surface area contributed by atoms with Gasteiger partial charge >= 0.3 is 0 Å². The Kier molecular flexibility index (Phi) is 5.94. The van der Waals surface area contributed by atoms with Gasteiger partial charge in [-0.05, 0) is 24.5 Å². The number of carbonyl (C=O) groups excluding carboxylic acids is 1. The third-order valence-corrected chi connectivity index (χ3v) is 5.46. The molecule has 1 aliphatic rings. The van der Waals surface area contributed by atoms with Gasteiger partial charge in [0.05, 0.1) is 17.8 Å². The molecule has 0 bridgehead atoms. The van der Waals surface area contributed by atoms with E-state index in [1.54, 1.807) is 11.8 Å². The van der Waals surface area contributed by atoms with Gasteiger partial charge in [-0.2, -0.15) is 5.10 Å². The Bertz CT molecular complexity index is 837. The van der Waals surface area contributed by atoms with Crippen molar-refractivity contribution in [3.63, 3.8) is 0 Å². The van der Waals surface area contributed by atoms with E-state index in [1.807, 2.05) is 37.9 Å². The van der Waals surface area contributed by atoms with Crippen molar-refractivity contribution in [2.24, 2.45) is 0 Å². The molecule has 2 aromatic rings. The SMILES string of the molecule is Bc1c(CF)nn(CC(=O)N2CCN(c3ccc(Cl)c(OC)c3)CC2)c1C. The molecule has 2 heterocycles. The molecule has 0 spiro atoms. The second kappa shape index (κ2) is 8.21. The summed E-state index contributed by atoms with van der Waals surface area (Å²) in [5.41, 5.74) is 3.07. The van der Waals surface area contributed by atoms with Crippen molar-refractivity contribution in [1.29, 1.82) is 0 Å². The van der Waals surface area contributed by atoms with Gasteiger partial charge in [-0.1, -0.05) is 11.6 Å². The summed E-state index contributed by atoms with van der Waals surface area (Å²) in [6.07, 6.45) is 0. The molecule has 0 saturated carbocycles. The van der Waals surface area contributed by atoms with Crippen molar-refractivity contribution >= 4 is 36.5 Å². The van der Waals surface area contributed by atoms with Crippen LogP contribution < -0.4 is 15.1 Å². The number of alkyl halides is 1. The molecular weight excluding hydrogens is 369 g/mol. The average Bonchev–Trinajstić information content (AvgIpc) is 2.96. The van der Waals surface area contributed by atoms with Crippen molar-refractivity contribution < 1.29 is 13.9 Å². The first-order valence-corrected chi connectivity index (χ1v) is 9.27. The fourth-order valence-electron chi connectivity index (χ4n) is 3.27. The number of methoxy groups -OCH3 is 1. The van der Waals surface area contributed by atoms with Crippen LogP contribution in [-0.4, -0.2) is 61.7 Å². The van der Waals surface area contributed by atoms with Crippen LogP contribution in [0, 0.1) is 6.92 Å². The summed E-state index contributed by atoms with van der Waals surface area (Å²) in [5.74, 6) is 0.639. The molecule has 27 heavy (non-hydrogen) atoms. The highest BCUT2D eigenvalue weighted by Crippen LogP contribution is 2.29. The number of hydrogen-bond donors (Lipinski definition) is 0. The van der Waals surface area contributed by atoms with Gasteiger partial charge < -0.3 is 14.5 Å². The number of benzene rings is 1. The molecule has 1 fully saturated rings. The second-order valence-electron chi connectivity index (χ2n) is 6.64. The predicted octanol–water partition coefficient (Wildman–Crippen LogP) is 0.930. The summed E-state index contributed by atoms with van der Waals surface area (Å²) in [6.45, 7) is 4.09. The normalized spacial score (nSPS) is 14.5. The minimum atomic E-state index is -0.614. The van der Waals surface area contributed by atoms with E-state index < -0.39 is 6.67 Å². The Morgan fingerprint density at radius 3 is 2.63 bits per heavy atom.